The Morgan fingerprint density at radius 1 is 1.19 bits per heavy atom. The van der Waals surface area contributed by atoms with Gasteiger partial charge in [0.25, 0.3) is 5.91 Å². The van der Waals surface area contributed by atoms with E-state index in [1.54, 1.807) is 31.5 Å². The Morgan fingerprint density at radius 2 is 2.06 bits per heavy atom. The number of pyridine rings is 2. The van der Waals surface area contributed by atoms with Crippen LogP contribution in [-0.2, 0) is 6.42 Å². The summed E-state index contributed by atoms with van der Waals surface area (Å²) in [6, 6.07) is 11.0. The van der Waals surface area contributed by atoms with Gasteiger partial charge >= 0.3 is 0 Å². The number of nitrogens with one attached hydrogen (secondary N) is 2. The van der Waals surface area contributed by atoms with Gasteiger partial charge in [-0.2, -0.15) is 0 Å². The van der Waals surface area contributed by atoms with Gasteiger partial charge < -0.3 is 14.8 Å². The van der Waals surface area contributed by atoms with Gasteiger partial charge in [0, 0.05) is 47.8 Å². The van der Waals surface area contributed by atoms with Crippen LogP contribution in [0.5, 0.6) is 11.6 Å². The van der Waals surface area contributed by atoms with Gasteiger partial charge in [0.1, 0.15) is 5.75 Å². The van der Waals surface area contributed by atoms with Crippen LogP contribution in [0.3, 0.4) is 0 Å². The van der Waals surface area contributed by atoms with Gasteiger partial charge in [-0.3, -0.25) is 9.89 Å². The molecular weight excluding hydrogens is 408 g/mol. The van der Waals surface area contributed by atoms with E-state index in [1.165, 1.54) is 0 Å². The van der Waals surface area contributed by atoms with E-state index < -0.39 is 0 Å². The Labute approximate surface area is 185 Å². The average Bonchev–Trinajstić information content (AvgIpc) is 3.23. The number of ether oxygens (including phenoxy) is 2. The molecule has 9 heteroatoms. The van der Waals surface area contributed by atoms with Gasteiger partial charge in [0.05, 0.1) is 36.3 Å². The van der Waals surface area contributed by atoms with Crippen molar-refractivity contribution in [3.8, 4) is 22.9 Å². The van der Waals surface area contributed by atoms with Crippen molar-refractivity contribution in [2.75, 3.05) is 20.3 Å². The molecule has 0 atom stereocenters. The van der Waals surface area contributed by atoms with E-state index in [9.17, 15) is 4.79 Å². The molecule has 4 rings (SSSR count). The zero-order valence-electron chi connectivity index (χ0n) is 18.2. The smallest absolute Gasteiger partial charge is 0.251 e. The highest BCUT2D eigenvalue weighted by Crippen LogP contribution is 2.31. The van der Waals surface area contributed by atoms with E-state index >= 15 is 0 Å². The first-order valence-electron chi connectivity index (χ1n) is 10.3. The van der Waals surface area contributed by atoms with E-state index in [-0.39, 0.29) is 5.91 Å². The Morgan fingerprint density at radius 3 is 2.75 bits per heavy atom. The lowest BCUT2D eigenvalue weighted by Gasteiger charge is -2.12. The van der Waals surface area contributed by atoms with Crippen molar-refractivity contribution in [2.45, 2.75) is 20.3 Å². The molecule has 1 amide bonds. The van der Waals surface area contributed by atoms with Crippen LogP contribution in [0, 0.1) is 6.92 Å². The highest BCUT2D eigenvalue weighted by Gasteiger charge is 2.13. The summed E-state index contributed by atoms with van der Waals surface area (Å²) in [5, 5.41) is 14.3. The minimum Gasteiger partial charge on any atom is -0.493 e. The normalized spacial score (nSPS) is 10.8. The largest absolute Gasteiger partial charge is 0.493 e. The molecule has 0 saturated heterocycles. The number of nitrogens with zero attached hydrogens (tertiary/aromatic N) is 4. The van der Waals surface area contributed by atoms with Gasteiger partial charge in [-0.25, -0.2) is 9.97 Å². The Bertz CT molecular complexity index is 1240. The number of methoxy groups -OCH3 is 1. The lowest BCUT2D eigenvalue weighted by molar-refractivity contribution is 0.0954. The molecule has 0 aliphatic heterocycles. The number of aromatic nitrogens is 5. The lowest BCUT2D eigenvalue weighted by Crippen LogP contribution is -2.25. The van der Waals surface area contributed by atoms with E-state index in [4.69, 9.17) is 14.5 Å². The maximum Gasteiger partial charge on any atom is 0.251 e. The van der Waals surface area contributed by atoms with Gasteiger partial charge in [0.2, 0.25) is 5.88 Å². The summed E-state index contributed by atoms with van der Waals surface area (Å²) in [6.45, 7) is 4.79. The zero-order valence-corrected chi connectivity index (χ0v) is 18.2. The summed E-state index contributed by atoms with van der Waals surface area (Å²) in [6.07, 6.45) is 2.32. The minimum absolute atomic E-state index is 0.173. The van der Waals surface area contributed by atoms with E-state index in [0.717, 1.165) is 22.3 Å². The first kappa shape index (κ1) is 21.2. The number of aryl methyl sites for hydroxylation is 1. The lowest BCUT2D eigenvalue weighted by atomic mass is 10.1. The minimum atomic E-state index is -0.173. The number of carbonyl (C=O) groups is 1. The van der Waals surface area contributed by atoms with Gasteiger partial charge in [-0.05, 0) is 38.1 Å². The molecule has 3 aromatic heterocycles. The second-order valence-corrected chi connectivity index (χ2v) is 7.14. The molecule has 0 saturated carbocycles. The number of aromatic amines is 1. The first-order chi connectivity index (χ1) is 15.6. The molecule has 0 unspecified atom stereocenters. The molecule has 0 aliphatic carbocycles. The van der Waals surface area contributed by atoms with Crippen molar-refractivity contribution in [1.82, 2.24) is 30.7 Å². The quantitative estimate of drug-likeness (QED) is 0.440. The fourth-order valence-electron chi connectivity index (χ4n) is 3.35. The van der Waals surface area contributed by atoms with Crippen LogP contribution in [0.1, 0.15) is 28.7 Å². The molecule has 0 radical (unpaired) electrons. The molecule has 32 heavy (non-hydrogen) atoms. The van der Waals surface area contributed by atoms with Crippen LogP contribution in [-0.4, -0.2) is 51.5 Å². The molecule has 9 nitrogen and oxygen atoms in total. The summed E-state index contributed by atoms with van der Waals surface area (Å²) < 4.78 is 11.0. The van der Waals surface area contributed by atoms with E-state index in [2.05, 4.69) is 25.7 Å². The number of amides is 1. The monoisotopic (exact) mass is 432 g/mol. The number of rotatable bonds is 8. The number of hydrogen-bond donors (Lipinski definition) is 2. The summed E-state index contributed by atoms with van der Waals surface area (Å²) in [4.78, 5) is 21.7. The topological polar surface area (TPSA) is 115 Å². The molecule has 0 bridgehead atoms. The first-order valence-corrected chi connectivity index (χ1v) is 10.3. The Hall–Kier alpha value is -4.01. The summed E-state index contributed by atoms with van der Waals surface area (Å²) >= 11 is 0. The molecule has 164 valence electrons. The zero-order chi connectivity index (χ0) is 22.5. The van der Waals surface area contributed by atoms with Crippen LogP contribution in [0.15, 0.2) is 42.6 Å². The molecule has 0 aliphatic rings. The third-order valence-corrected chi connectivity index (χ3v) is 5.06. The Kier molecular flexibility index (Phi) is 6.25. The van der Waals surface area contributed by atoms with Crippen LogP contribution in [0.4, 0.5) is 0 Å². The van der Waals surface area contributed by atoms with Crippen LogP contribution < -0.4 is 14.8 Å². The maximum atomic E-state index is 12.7. The predicted molar refractivity (Wildman–Crippen MR) is 120 cm³/mol. The number of benzene rings is 1. The summed E-state index contributed by atoms with van der Waals surface area (Å²) in [5.74, 6) is 1.06. The van der Waals surface area contributed by atoms with Crippen LogP contribution >= 0.6 is 0 Å². The maximum absolute atomic E-state index is 12.7. The van der Waals surface area contributed by atoms with Crippen molar-refractivity contribution in [2.24, 2.45) is 0 Å². The molecule has 0 fully saturated rings. The van der Waals surface area contributed by atoms with Crippen molar-refractivity contribution in [3.63, 3.8) is 0 Å². The number of hydrogen-bond acceptors (Lipinski definition) is 7. The SMILES string of the molecule is CCOc1cc(-c2ccc(OC)nc2)nc2cc(C(=O)NCCc3[nH]nnc3C)ccc12. The fraction of sp³-hybridized carbons (Fsp3) is 0.261. The van der Waals surface area contributed by atoms with Crippen molar-refractivity contribution in [1.29, 1.82) is 0 Å². The van der Waals surface area contributed by atoms with E-state index in [0.29, 0.717) is 48.0 Å². The molecule has 1 aromatic carbocycles. The highest BCUT2D eigenvalue weighted by molar-refractivity contribution is 5.99. The van der Waals surface area contributed by atoms with Gasteiger partial charge in [0.15, 0.2) is 0 Å². The van der Waals surface area contributed by atoms with Crippen LogP contribution in [0.25, 0.3) is 22.2 Å². The molecule has 4 aromatic rings. The number of fused-ring (bicyclic) bond motifs is 1. The van der Waals surface area contributed by atoms with Crippen LogP contribution in [0.2, 0.25) is 0 Å². The predicted octanol–water partition coefficient (Wildman–Crippen LogP) is 3.10. The molecular formula is C23H24N6O3. The number of H-pyrrole nitrogens is 1. The number of carbonyl (C=O) groups excluding carboxylic acids is 1. The highest BCUT2D eigenvalue weighted by atomic mass is 16.5. The van der Waals surface area contributed by atoms with Gasteiger partial charge in [-0.15, -0.1) is 5.10 Å². The van der Waals surface area contributed by atoms with Crippen molar-refractivity contribution in [3.05, 3.63) is 59.5 Å². The Balaban J connectivity index is 1.60. The fourth-order valence-corrected chi connectivity index (χ4v) is 3.35. The van der Waals surface area contributed by atoms with Crippen molar-refractivity contribution >= 4 is 16.8 Å². The second-order valence-electron chi connectivity index (χ2n) is 7.14. The molecule has 2 N–H and O–H groups in total. The molecule has 3 heterocycles. The van der Waals surface area contributed by atoms with Crippen molar-refractivity contribution < 1.29 is 14.3 Å². The van der Waals surface area contributed by atoms with Gasteiger partial charge in [-0.1, -0.05) is 5.21 Å². The third-order valence-electron chi connectivity index (χ3n) is 5.06. The standard InChI is InChI=1S/C23H24N6O3/c1-4-32-21-12-19(16-6-8-22(31-3)25-13-16)26-20-11-15(5-7-17(20)21)23(30)24-10-9-18-14(2)27-29-28-18/h5-8,11-13H,4,9-10H2,1-3H3,(H,24,30)(H,27,28,29). The summed E-state index contributed by atoms with van der Waals surface area (Å²) in [5.41, 5.74) is 4.46. The molecule has 0 spiro atoms. The third kappa shape index (κ3) is 4.51. The van der Waals surface area contributed by atoms with E-state index in [1.807, 2.05) is 32.0 Å². The second kappa shape index (κ2) is 9.42. The summed E-state index contributed by atoms with van der Waals surface area (Å²) in [7, 11) is 1.57. The average molecular weight is 432 g/mol.